The molecule has 17 heavy (non-hydrogen) atoms. The number of nitrogens with two attached hydrogens (primary N) is 1. The summed E-state index contributed by atoms with van der Waals surface area (Å²) in [5.74, 6) is 0.904. The van der Waals surface area contributed by atoms with E-state index in [1.807, 2.05) is 0 Å². The highest BCUT2D eigenvalue weighted by Gasteiger charge is 2.13. The van der Waals surface area contributed by atoms with Crippen molar-refractivity contribution >= 4 is 51.3 Å². The van der Waals surface area contributed by atoms with Crippen molar-refractivity contribution in [2.45, 2.75) is 6.61 Å². The molecule has 0 unspecified atom stereocenters. The lowest BCUT2D eigenvalue weighted by atomic mass is 10.4. The lowest BCUT2D eigenvalue weighted by Crippen LogP contribution is -2.05. The zero-order valence-corrected chi connectivity index (χ0v) is 12.5. The maximum Gasteiger partial charge on any atom is 0.191 e. The van der Waals surface area contributed by atoms with Gasteiger partial charge in [0.05, 0.1) is 22.1 Å². The van der Waals surface area contributed by atoms with Gasteiger partial charge in [-0.05, 0) is 22.6 Å². The van der Waals surface area contributed by atoms with Crippen molar-refractivity contribution in [2.24, 2.45) is 0 Å². The fourth-order valence-electron chi connectivity index (χ4n) is 1.20. The topological polar surface area (TPSA) is 73.9 Å². The maximum absolute atomic E-state index is 5.83. The third-order valence-electron chi connectivity index (χ3n) is 1.90. The van der Waals surface area contributed by atoms with E-state index in [9.17, 15) is 0 Å². The van der Waals surface area contributed by atoms with Crippen LogP contribution in [0, 0.1) is 3.57 Å². The van der Waals surface area contributed by atoms with Crippen LogP contribution in [0.15, 0.2) is 6.20 Å². The Morgan fingerprint density at radius 3 is 2.88 bits per heavy atom. The quantitative estimate of drug-likeness (QED) is 0.826. The van der Waals surface area contributed by atoms with Crippen LogP contribution in [0.5, 0.6) is 0 Å². The standard InChI is InChI=1S/C9H8ClIN4OS/c1-16-3-4-6(11)7(12)15-8(14-4)9-13-2-5(10)17-9/h2H,3H2,1H3,(H2,12,14,15). The van der Waals surface area contributed by atoms with Gasteiger partial charge in [-0.3, -0.25) is 0 Å². The molecular formula is C9H8ClIN4OS. The summed E-state index contributed by atoms with van der Waals surface area (Å²) in [5, 5.41) is 0.649. The molecule has 8 heteroatoms. The van der Waals surface area contributed by atoms with Crippen molar-refractivity contribution in [3.8, 4) is 10.8 Å². The zero-order valence-electron chi connectivity index (χ0n) is 8.78. The highest BCUT2D eigenvalue weighted by atomic mass is 127. The Labute approximate surface area is 121 Å². The third kappa shape index (κ3) is 2.84. The number of hydrogen-bond donors (Lipinski definition) is 1. The molecule has 0 saturated heterocycles. The first-order valence-corrected chi connectivity index (χ1v) is 6.81. The smallest absolute Gasteiger partial charge is 0.191 e. The van der Waals surface area contributed by atoms with E-state index >= 15 is 0 Å². The van der Waals surface area contributed by atoms with E-state index in [-0.39, 0.29) is 0 Å². The molecule has 0 spiro atoms. The normalized spacial score (nSPS) is 10.8. The van der Waals surface area contributed by atoms with Gasteiger partial charge < -0.3 is 10.5 Å². The van der Waals surface area contributed by atoms with Gasteiger partial charge in [-0.25, -0.2) is 15.0 Å². The number of hydrogen-bond acceptors (Lipinski definition) is 6. The number of rotatable bonds is 3. The van der Waals surface area contributed by atoms with Crippen LogP contribution in [0.2, 0.25) is 4.34 Å². The molecule has 0 aliphatic heterocycles. The Kier molecular flexibility index (Phi) is 4.13. The number of thiazole rings is 1. The zero-order chi connectivity index (χ0) is 12.4. The molecule has 0 saturated carbocycles. The molecule has 2 rings (SSSR count). The Balaban J connectivity index is 2.48. The van der Waals surface area contributed by atoms with Gasteiger partial charge in [-0.15, -0.1) is 0 Å². The molecule has 5 nitrogen and oxygen atoms in total. The van der Waals surface area contributed by atoms with Gasteiger partial charge in [-0.1, -0.05) is 22.9 Å². The second-order valence-corrected chi connectivity index (χ2v) is 5.84. The Hall–Kier alpha value is -0.510. The van der Waals surface area contributed by atoms with Crippen molar-refractivity contribution in [1.82, 2.24) is 15.0 Å². The molecule has 2 aromatic heterocycles. The largest absolute Gasteiger partial charge is 0.383 e. The number of aromatic nitrogens is 3. The minimum absolute atomic E-state index is 0.386. The molecule has 0 radical (unpaired) electrons. The van der Waals surface area contributed by atoms with Crippen LogP contribution in [0.1, 0.15) is 5.69 Å². The van der Waals surface area contributed by atoms with Crippen LogP contribution >= 0.6 is 45.5 Å². The number of methoxy groups -OCH3 is 1. The van der Waals surface area contributed by atoms with Crippen molar-refractivity contribution in [3.63, 3.8) is 0 Å². The number of anilines is 1. The third-order valence-corrected chi connectivity index (χ3v) is 4.18. The highest BCUT2D eigenvalue weighted by Crippen LogP contribution is 2.28. The average molecular weight is 383 g/mol. The molecule has 0 fully saturated rings. The summed E-state index contributed by atoms with van der Waals surface area (Å²) in [4.78, 5) is 12.7. The number of nitrogen functional groups attached to an aromatic ring is 1. The van der Waals surface area contributed by atoms with Crippen molar-refractivity contribution in [3.05, 3.63) is 19.8 Å². The number of halogens is 2. The summed E-state index contributed by atoms with van der Waals surface area (Å²) in [6.45, 7) is 0.386. The minimum atomic E-state index is 0.386. The van der Waals surface area contributed by atoms with Crippen LogP contribution in [0.4, 0.5) is 5.82 Å². The average Bonchev–Trinajstić information content (AvgIpc) is 2.71. The van der Waals surface area contributed by atoms with Crippen LogP contribution in [-0.2, 0) is 11.3 Å². The SMILES string of the molecule is COCc1nc(-c2ncc(Cl)s2)nc(N)c1I. The second-order valence-electron chi connectivity index (χ2n) is 3.10. The maximum atomic E-state index is 5.83. The Morgan fingerprint density at radius 2 is 2.29 bits per heavy atom. The fourth-order valence-corrected chi connectivity index (χ4v) is 2.44. The molecule has 90 valence electrons. The van der Waals surface area contributed by atoms with E-state index in [2.05, 4.69) is 37.5 Å². The first kappa shape index (κ1) is 12.9. The van der Waals surface area contributed by atoms with E-state index in [1.165, 1.54) is 11.3 Å². The van der Waals surface area contributed by atoms with Gasteiger partial charge in [0.1, 0.15) is 10.2 Å². The fraction of sp³-hybridized carbons (Fsp3) is 0.222. The van der Waals surface area contributed by atoms with E-state index < -0.39 is 0 Å². The predicted molar refractivity (Wildman–Crippen MR) is 76.0 cm³/mol. The summed E-state index contributed by atoms with van der Waals surface area (Å²) < 4.78 is 6.46. The summed E-state index contributed by atoms with van der Waals surface area (Å²) in [6.07, 6.45) is 1.56. The predicted octanol–water partition coefficient (Wildman–Crippen LogP) is 2.59. The Bertz CT molecular complexity index is 548. The summed E-state index contributed by atoms with van der Waals surface area (Å²) in [6, 6.07) is 0. The van der Waals surface area contributed by atoms with Crippen molar-refractivity contribution < 1.29 is 4.74 Å². The lowest BCUT2D eigenvalue weighted by molar-refractivity contribution is 0.181. The molecule has 0 atom stereocenters. The van der Waals surface area contributed by atoms with E-state index in [4.69, 9.17) is 22.1 Å². The van der Waals surface area contributed by atoms with Gasteiger partial charge in [-0.2, -0.15) is 0 Å². The first-order valence-electron chi connectivity index (χ1n) is 4.54. The molecule has 2 N–H and O–H groups in total. The molecule has 0 aliphatic rings. The van der Waals surface area contributed by atoms with Crippen LogP contribution in [0.3, 0.4) is 0 Å². The Morgan fingerprint density at radius 1 is 1.53 bits per heavy atom. The van der Waals surface area contributed by atoms with Crippen LogP contribution in [-0.4, -0.2) is 22.1 Å². The van der Waals surface area contributed by atoms with E-state index in [0.717, 1.165) is 9.26 Å². The molecule has 0 bridgehead atoms. The van der Waals surface area contributed by atoms with Crippen LogP contribution < -0.4 is 5.73 Å². The lowest BCUT2D eigenvalue weighted by Gasteiger charge is -2.06. The monoisotopic (exact) mass is 382 g/mol. The molecule has 0 aromatic carbocycles. The second kappa shape index (κ2) is 5.42. The van der Waals surface area contributed by atoms with Gasteiger partial charge in [0.15, 0.2) is 10.8 Å². The highest BCUT2D eigenvalue weighted by molar-refractivity contribution is 14.1. The minimum Gasteiger partial charge on any atom is -0.383 e. The molecule has 0 aliphatic carbocycles. The van der Waals surface area contributed by atoms with Crippen molar-refractivity contribution in [2.75, 3.05) is 12.8 Å². The van der Waals surface area contributed by atoms with E-state index in [0.29, 0.717) is 27.6 Å². The summed E-state index contributed by atoms with van der Waals surface area (Å²) in [7, 11) is 1.61. The molecular weight excluding hydrogens is 375 g/mol. The van der Waals surface area contributed by atoms with Gasteiger partial charge >= 0.3 is 0 Å². The van der Waals surface area contributed by atoms with Gasteiger partial charge in [0.2, 0.25) is 0 Å². The van der Waals surface area contributed by atoms with Gasteiger partial charge in [0.25, 0.3) is 0 Å². The van der Waals surface area contributed by atoms with Gasteiger partial charge in [0, 0.05) is 7.11 Å². The number of nitrogens with zero attached hydrogens (tertiary/aromatic N) is 3. The molecule has 0 amide bonds. The number of ether oxygens (including phenoxy) is 1. The first-order chi connectivity index (χ1) is 8.11. The van der Waals surface area contributed by atoms with Crippen molar-refractivity contribution in [1.29, 1.82) is 0 Å². The van der Waals surface area contributed by atoms with E-state index in [1.54, 1.807) is 13.3 Å². The summed E-state index contributed by atoms with van der Waals surface area (Å²) in [5.41, 5.74) is 6.58. The molecule has 2 heterocycles. The molecule has 2 aromatic rings. The van der Waals surface area contributed by atoms with Crippen LogP contribution in [0.25, 0.3) is 10.8 Å². The summed E-state index contributed by atoms with van der Waals surface area (Å²) >= 11 is 9.23.